The fourth-order valence-electron chi connectivity index (χ4n) is 5.00. The first-order valence-electron chi connectivity index (χ1n) is 10.1. The van der Waals surface area contributed by atoms with Crippen molar-refractivity contribution >= 4 is 18.1 Å². The molecule has 2 bridgehead atoms. The first kappa shape index (κ1) is 18.4. The molecular formula is C21H28N2O4. The van der Waals surface area contributed by atoms with Gasteiger partial charge in [-0.1, -0.05) is 0 Å². The number of carboxylic acids is 1. The lowest BCUT2D eigenvalue weighted by molar-refractivity contribution is -0.162. The third-order valence-corrected chi connectivity index (χ3v) is 7.15. The molecule has 5 rings (SSSR count). The van der Waals surface area contributed by atoms with Gasteiger partial charge in [0, 0.05) is 24.8 Å². The number of carbonyl (C=O) groups excluding carboxylic acids is 1. The van der Waals surface area contributed by atoms with Crippen molar-refractivity contribution in [3.8, 4) is 0 Å². The van der Waals surface area contributed by atoms with Crippen molar-refractivity contribution in [3.63, 3.8) is 0 Å². The largest absolute Gasteiger partial charge is 0.481 e. The van der Waals surface area contributed by atoms with Gasteiger partial charge in [-0.05, 0) is 68.9 Å². The van der Waals surface area contributed by atoms with E-state index in [0.717, 1.165) is 83.2 Å². The lowest BCUT2D eigenvalue weighted by atomic mass is 9.54. The number of pyridine rings is 1. The van der Waals surface area contributed by atoms with Crippen molar-refractivity contribution in [1.29, 1.82) is 0 Å². The average Bonchev–Trinajstić information content (AvgIpc) is 2.74. The number of hydrogen-bond donors (Lipinski definition) is 1. The first-order chi connectivity index (χ1) is 13.0. The summed E-state index contributed by atoms with van der Waals surface area (Å²) in [7, 11) is 0. The van der Waals surface area contributed by atoms with Crippen LogP contribution in [0, 0.1) is 10.8 Å². The standard InChI is InChI=1S/C21H28N2O4/c24-14-16-1-2-18(22-13-16)23-11-3-17(4-12-23)27-15-20-5-8-21(9-6-20,10-7-20)19(25)26/h1-2,13-14,17H,3-12,15H2,(H,25,26). The van der Waals surface area contributed by atoms with E-state index in [1.54, 1.807) is 12.3 Å². The molecule has 0 atom stereocenters. The summed E-state index contributed by atoms with van der Waals surface area (Å²) in [6.07, 6.45) is 10.1. The number of piperidine rings is 1. The molecule has 1 aromatic heterocycles. The smallest absolute Gasteiger partial charge is 0.309 e. The minimum atomic E-state index is -0.598. The molecule has 6 nitrogen and oxygen atoms in total. The van der Waals surface area contributed by atoms with Crippen molar-refractivity contribution in [2.24, 2.45) is 10.8 Å². The number of rotatable bonds is 6. The van der Waals surface area contributed by atoms with Crippen LogP contribution in [0.15, 0.2) is 18.3 Å². The van der Waals surface area contributed by atoms with Crippen LogP contribution in [-0.2, 0) is 9.53 Å². The molecule has 146 valence electrons. The number of hydrogen-bond acceptors (Lipinski definition) is 5. The molecule has 1 N–H and O–H groups in total. The number of ether oxygens (including phenoxy) is 1. The molecule has 3 saturated carbocycles. The summed E-state index contributed by atoms with van der Waals surface area (Å²) in [5, 5.41) is 9.52. The van der Waals surface area contributed by atoms with Gasteiger partial charge in [-0.15, -0.1) is 0 Å². The Balaban J connectivity index is 1.25. The van der Waals surface area contributed by atoms with Gasteiger partial charge in [-0.3, -0.25) is 9.59 Å². The Morgan fingerprint density at radius 1 is 1.19 bits per heavy atom. The van der Waals surface area contributed by atoms with Crippen LogP contribution in [0.5, 0.6) is 0 Å². The summed E-state index contributed by atoms with van der Waals surface area (Å²) in [6, 6.07) is 3.71. The van der Waals surface area contributed by atoms with E-state index >= 15 is 0 Å². The SMILES string of the molecule is O=Cc1ccc(N2CCC(OCC34CCC(C(=O)O)(CC3)CC4)CC2)nc1. The minimum Gasteiger partial charge on any atom is -0.481 e. The number of fused-ring (bicyclic) bond motifs is 3. The predicted molar refractivity (Wildman–Crippen MR) is 101 cm³/mol. The second kappa shape index (κ2) is 7.23. The zero-order valence-electron chi connectivity index (χ0n) is 15.7. The highest BCUT2D eigenvalue weighted by molar-refractivity contribution is 5.75. The van der Waals surface area contributed by atoms with Crippen molar-refractivity contribution in [2.45, 2.75) is 57.5 Å². The highest BCUT2D eigenvalue weighted by Crippen LogP contribution is 2.57. The highest BCUT2D eigenvalue weighted by Gasteiger charge is 2.52. The van der Waals surface area contributed by atoms with E-state index in [-0.39, 0.29) is 11.5 Å². The molecule has 1 aromatic rings. The lowest BCUT2D eigenvalue weighted by Crippen LogP contribution is -2.48. The topological polar surface area (TPSA) is 79.7 Å². The Kier molecular flexibility index (Phi) is 4.93. The van der Waals surface area contributed by atoms with Gasteiger partial charge in [-0.25, -0.2) is 4.98 Å². The fourth-order valence-corrected chi connectivity index (χ4v) is 5.00. The van der Waals surface area contributed by atoms with E-state index in [1.165, 1.54) is 0 Å². The maximum Gasteiger partial charge on any atom is 0.309 e. The zero-order valence-corrected chi connectivity index (χ0v) is 15.7. The Labute approximate surface area is 159 Å². The second-order valence-electron chi connectivity index (χ2n) is 8.65. The molecule has 4 fully saturated rings. The van der Waals surface area contributed by atoms with E-state index in [4.69, 9.17) is 4.74 Å². The van der Waals surface area contributed by atoms with Crippen LogP contribution in [0.1, 0.15) is 61.7 Å². The number of anilines is 1. The molecule has 27 heavy (non-hydrogen) atoms. The molecule has 1 saturated heterocycles. The van der Waals surface area contributed by atoms with Gasteiger partial charge in [0.1, 0.15) is 5.82 Å². The fraction of sp³-hybridized carbons (Fsp3) is 0.667. The molecule has 0 amide bonds. The van der Waals surface area contributed by atoms with Crippen LogP contribution in [0.4, 0.5) is 5.82 Å². The summed E-state index contributed by atoms with van der Waals surface area (Å²) >= 11 is 0. The minimum absolute atomic E-state index is 0.209. The van der Waals surface area contributed by atoms with Crippen LogP contribution >= 0.6 is 0 Å². The number of nitrogens with zero attached hydrogens (tertiary/aromatic N) is 2. The van der Waals surface area contributed by atoms with Gasteiger partial charge >= 0.3 is 5.97 Å². The normalized spacial score (nSPS) is 31.0. The number of carbonyl (C=O) groups is 2. The van der Waals surface area contributed by atoms with Gasteiger partial charge in [0.05, 0.1) is 18.1 Å². The number of aldehydes is 1. The maximum absolute atomic E-state index is 11.6. The molecule has 2 heterocycles. The Hall–Kier alpha value is -1.95. The quantitative estimate of drug-likeness (QED) is 0.772. The van der Waals surface area contributed by atoms with Crippen LogP contribution in [-0.4, -0.2) is 48.1 Å². The molecule has 1 aliphatic heterocycles. The molecular weight excluding hydrogens is 344 g/mol. The van der Waals surface area contributed by atoms with E-state index in [1.807, 2.05) is 6.07 Å². The third kappa shape index (κ3) is 3.59. The Bertz CT molecular complexity index is 670. The number of aromatic nitrogens is 1. The van der Waals surface area contributed by atoms with E-state index in [2.05, 4.69) is 9.88 Å². The molecule has 0 spiro atoms. The summed E-state index contributed by atoms with van der Waals surface area (Å²) < 4.78 is 6.31. The molecule has 0 aromatic carbocycles. The average molecular weight is 372 g/mol. The Morgan fingerprint density at radius 2 is 1.85 bits per heavy atom. The van der Waals surface area contributed by atoms with E-state index < -0.39 is 11.4 Å². The maximum atomic E-state index is 11.6. The summed E-state index contributed by atoms with van der Waals surface area (Å²) in [5.74, 6) is 0.320. The van der Waals surface area contributed by atoms with Crippen LogP contribution in [0.2, 0.25) is 0 Å². The van der Waals surface area contributed by atoms with Crippen molar-refractivity contribution < 1.29 is 19.4 Å². The third-order valence-electron chi connectivity index (χ3n) is 7.15. The summed E-state index contributed by atoms with van der Waals surface area (Å²) in [5.41, 5.74) is 0.364. The Morgan fingerprint density at radius 3 is 2.37 bits per heavy atom. The van der Waals surface area contributed by atoms with Gasteiger partial charge < -0.3 is 14.7 Å². The van der Waals surface area contributed by atoms with Crippen LogP contribution < -0.4 is 4.90 Å². The summed E-state index contributed by atoms with van der Waals surface area (Å²) in [6.45, 7) is 2.60. The van der Waals surface area contributed by atoms with Gasteiger partial charge in [0.2, 0.25) is 0 Å². The molecule has 6 heteroatoms. The van der Waals surface area contributed by atoms with Gasteiger partial charge in [-0.2, -0.15) is 0 Å². The van der Waals surface area contributed by atoms with E-state index in [0.29, 0.717) is 5.56 Å². The number of aliphatic carboxylic acids is 1. The molecule has 0 radical (unpaired) electrons. The van der Waals surface area contributed by atoms with Crippen LogP contribution in [0.25, 0.3) is 0 Å². The molecule has 0 unspecified atom stereocenters. The van der Waals surface area contributed by atoms with Gasteiger partial charge in [0.25, 0.3) is 0 Å². The molecule has 3 aliphatic carbocycles. The van der Waals surface area contributed by atoms with Crippen LogP contribution in [0.3, 0.4) is 0 Å². The zero-order chi connectivity index (χ0) is 18.9. The second-order valence-corrected chi connectivity index (χ2v) is 8.65. The van der Waals surface area contributed by atoms with Crippen molar-refractivity contribution in [1.82, 2.24) is 4.98 Å². The predicted octanol–water partition coefficient (Wildman–Crippen LogP) is 3.30. The van der Waals surface area contributed by atoms with Gasteiger partial charge in [0.15, 0.2) is 6.29 Å². The van der Waals surface area contributed by atoms with E-state index in [9.17, 15) is 14.7 Å². The van der Waals surface area contributed by atoms with Crippen molar-refractivity contribution in [2.75, 3.05) is 24.6 Å². The molecule has 4 aliphatic rings. The lowest BCUT2D eigenvalue weighted by Gasteiger charge is -2.51. The first-order valence-corrected chi connectivity index (χ1v) is 10.1. The number of carboxylic acid groups (broad SMARTS) is 1. The summed E-state index contributed by atoms with van der Waals surface area (Å²) in [4.78, 5) is 28.9. The highest BCUT2D eigenvalue weighted by atomic mass is 16.5. The monoisotopic (exact) mass is 372 g/mol. The van der Waals surface area contributed by atoms with Crippen molar-refractivity contribution in [3.05, 3.63) is 23.9 Å².